The van der Waals surface area contributed by atoms with E-state index in [1.54, 1.807) is 13.8 Å². The Bertz CT molecular complexity index is 983. The molecule has 1 saturated carbocycles. The SMILES string of the molecule is CC(C)[C@@H](NC(=O)OCC1c2ccccc2-c2ccccc21)C(=O)NC1(C(=O)O)CC1. The van der Waals surface area contributed by atoms with Crippen LogP contribution in [0.5, 0.6) is 0 Å². The summed E-state index contributed by atoms with van der Waals surface area (Å²) < 4.78 is 5.52. The van der Waals surface area contributed by atoms with Crippen molar-refractivity contribution < 1.29 is 24.2 Å². The number of hydrogen-bond acceptors (Lipinski definition) is 4. The molecule has 2 aromatic rings. The van der Waals surface area contributed by atoms with Gasteiger partial charge >= 0.3 is 12.1 Å². The van der Waals surface area contributed by atoms with Crippen LogP contribution in [0.25, 0.3) is 11.1 Å². The first kappa shape index (κ1) is 20.9. The van der Waals surface area contributed by atoms with Gasteiger partial charge < -0.3 is 20.5 Å². The van der Waals surface area contributed by atoms with E-state index < -0.39 is 29.6 Å². The molecule has 0 saturated heterocycles. The van der Waals surface area contributed by atoms with Gasteiger partial charge in [0, 0.05) is 5.92 Å². The highest BCUT2D eigenvalue weighted by Crippen LogP contribution is 2.44. The number of alkyl carbamates (subject to hydrolysis) is 1. The molecule has 2 aliphatic rings. The molecule has 2 amide bonds. The average molecular weight is 422 g/mol. The molecule has 7 heteroatoms. The molecule has 1 atom stereocenters. The lowest BCUT2D eigenvalue weighted by atomic mass is 9.98. The van der Waals surface area contributed by atoms with Crippen molar-refractivity contribution in [3.8, 4) is 11.1 Å². The molecule has 0 unspecified atom stereocenters. The van der Waals surface area contributed by atoms with Gasteiger partial charge in [0.25, 0.3) is 0 Å². The third kappa shape index (κ3) is 4.00. The van der Waals surface area contributed by atoms with Crippen molar-refractivity contribution in [2.24, 2.45) is 5.92 Å². The lowest BCUT2D eigenvalue weighted by Gasteiger charge is -2.24. The second-order valence-corrected chi connectivity index (χ2v) is 8.57. The van der Waals surface area contributed by atoms with Crippen molar-refractivity contribution in [1.29, 1.82) is 0 Å². The molecule has 0 radical (unpaired) electrons. The van der Waals surface area contributed by atoms with Crippen LogP contribution in [0, 0.1) is 5.92 Å². The van der Waals surface area contributed by atoms with Gasteiger partial charge in [-0.3, -0.25) is 4.79 Å². The van der Waals surface area contributed by atoms with Crippen LogP contribution in [-0.2, 0) is 14.3 Å². The molecule has 162 valence electrons. The fraction of sp³-hybridized carbons (Fsp3) is 0.375. The van der Waals surface area contributed by atoms with E-state index in [0.717, 1.165) is 22.3 Å². The third-order valence-corrected chi connectivity index (χ3v) is 6.09. The zero-order chi connectivity index (χ0) is 22.2. The van der Waals surface area contributed by atoms with Crippen LogP contribution in [0.2, 0.25) is 0 Å². The number of hydrogen-bond donors (Lipinski definition) is 3. The summed E-state index contributed by atoms with van der Waals surface area (Å²) in [4.78, 5) is 36.5. The van der Waals surface area contributed by atoms with Gasteiger partial charge in [-0.05, 0) is 41.0 Å². The Morgan fingerprint density at radius 2 is 1.58 bits per heavy atom. The quantitative estimate of drug-likeness (QED) is 0.635. The summed E-state index contributed by atoms with van der Waals surface area (Å²) >= 11 is 0. The first-order valence-electron chi connectivity index (χ1n) is 10.5. The van der Waals surface area contributed by atoms with Gasteiger partial charge in [-0.2, -0.15) is 0 Å². The third-order valence-electron chi connectivity index (χ3n) is 6.09. The predicted octanol–water partition coefficient (Wildman–Crippen LogP) is 3.28. The van der Waals surface area contributed by atoms with E-state index >= 15 is 0 Å². The second kappa shape index (κ2) is 8.06. The zero-order valence-corrected chi connectivity index (χ0v) is 17.6. The molecule has 7 nitrogen and oxygen atoms in total. The fourth-order valence-electron chi connectivity index (χ4n) is 4.13. The molecule has 3 N–H and O–H groups in total. The summed E-state index contributed by atoms with van der Waals surface area (Å²) in [7, 11) is 0. The molecule has 0 aliphatic heterocycles. The van der Waals surface area contributed by atoms with Crippen LogP contribution < -0.4 is 10.6 Å². The normalized spacial score (nSPS) is 16.7. The maximum absolute atomic E-state index is 12.6. The molecule has 4 rings (SSSR count). The maximum Gasteiger partial charge on any atom is 0.407 e. The van der Waals surface area contributed by atoms with Gasteiger partial charge in [0.05, 0.1) is 0 Å². The standard InChI is InChI=1S/C24H26N2O5/c1-14(2)20(21(27)26-24(11-12-24)22(28)29)25-23(30)31-13-19-17-9-5-3-7-15(17)16-8-4-6-10-18(16)19/h3-10,14,19-20H,11-13H2,1-2H3,(H,25,30)(H,26,27)(H,28,29)/t20-/m1/s1. The van der Waals surface area contributed by atoms with E-state index in [2.05, 4.69) is 22.8 Å². The van der Waals surface area contributed by atoms with Gasteiger partial charge in [0.2, 0.25) is 5.91 Å². The minimum atomic E-state index is -1.20. The number of amides is 2. The summed E-state index contributed by atoms with van der Waals surface area (Å²) in [5.74, 6) is -1.87. The van der Waals surface area contributed by atoms with Crippen molar-refractivity contribution in [2.75, 3.05) is 6.61 Å². The summed E-state index contributed by atoms with van der Waals surface area (Å²) in [6.45, 7) is 3.72. The highest BCUT2D eigenvalue weighted by Gasteiger charge is 2.52. The molecule has 0 heterocycles. The van der Waals surface area contributed by atoms with E-state index in [1.165, 1.54) is 0 Å². The Balaban J connectivity index is 1.41. The molecule has 31 heavy (non-hydrogen) atoms. The van der Waals surface area contributed by atoms with Crippen LogP contribution in [0.3, 0.4) is 0 Å². The van der Waals surface area contributed by atoms with Crippen molar-refractivity contribution in [1.82, 2.24) is 10.6 Å². The number of carbonyl (C=O) groups is 3. The average Bonchev–Trinajstić information content (AvgIpc) is 3.46. The van der Waals surface area contributed by atoms with Crippen LogP contribution in [-0.4, -0.2) is 41.3 Å². The van der Waals surface area contributed by atoms with Gasteiger partial charge in [-0.1, -0.05) is 62.4 Å². The van der Waals surface area contributed by atoms with Crippen molar-refractivity contribution in [2.45, 2.75) is 44.2 Å². The van der Waals surface area contributed by atoms with Crippen molar-refractivity contribution in [3.05, 3.63) is 59.7 Å². The van der Waals surface area contributed by atoms with Gasteiger partial charge in [0.1, 0.15) is 18.2 Å². The lowest BCUT2D eigenvalue weighted by Crippen LogP contribution is -2.54. The number of carboxylic acid groups (broad SMARTS) is 1. The van der Waals surface area contributed by atoms with E-state index in [9.17, 15) is 19.5 Å². The summed E-state index contributed by atoms with van der Waals surface area (Å²) in [6, 6.07) is 15.2. The zero-order valence-electron chi connectivity index (χ0n) is 17.6. The Morgan fingerprint density at radius 1 is 1.03 bits per heavy atom. The van der Waals surface area contributed by atoms with E-state index in [-0.39, 0.29) is 18.4 Å². The Morgan fingerprint density at radius 3 is 2.06 bits per heavy atom. The molecular weight excluding hydrogens is 396 g/mol. The molecule has 2 aliphatic carbocycles. The maximum atomic E-state index is 12.6. The largest absolute Gasteiger partial charge is 0.480 e. The second-order valence-electron chi connectivity index (χ2n) is 8.57. The summed E-state index contributed by atoms with van der Waals surface area (Å²) in [5.41, 5.74) is 3.27. The molecular formula is C24H26N2O5. The monoisotopic (exact) mass is 422 g/mol. The van der Waals surface area contributed by atoms with E-state index in [1.807, 2.05) is 36.4 Å². The number of carbonyl (C=O) groups excluding carboxylic acids is 2. The number of benzene rings is 2. The smallest absolute Gasteiger partial charge is 0.407 e. The highest BCUT2D eigenvalue weighted by atomic mass is 16.5. The predicted molar refractivity (Wildman–Crippen MR) is 115 cm³/mol. The fourth-order valence-corrected chi connectivity index (χ4v) is 4.13. The van der Waals surface area contributed by atoms with Gasteiger partial charge in [-0.15, -0.1) is 0 Å². The Kier molecular flexibility index (Phi) is 5.43. The number of nitrogens with one attached hydrogen (secondary N) is 2. The van der Waals surface area contributed by atoms with Gasteiger partial charge in [0.15, 0.2) is 0 Å². The topological polar surface area (TPSA) is 105 Å². The number of rotatable bonds is 7. The van der Waals surface area contributed by atoms with Crippen molar-refractivity contribution >= 4 is 18.0 Å². The van der Waals surface area contributed by atoms with E-state index in [0.29, 0.717) is 12.8 Å². The molecule has 0 bridgehead atoms. The minimum Gasteiger partial charge on any atom is -0.480 e. The first-order chi connectivity index (χ1) is 14.8. The van der Waals surface area contributed by atoms with Crippen LogP contribution in [0.4, 0.5) is 4.79 Å². The number of carboxylic acids is 1. The molecule has 2 aromatic carbocycles. The first-order valence-corrected chi connectivity index (χ1v) is 10.5. The van der Waals surface area contributed by atoms with Crippen LogP contribution >= 0.6 is 0 Å². The Labute approximate surface area is 180 Å². The van der Waals surface area contributed by atoms with Crippen molar-refractivity contribution in [3.63, 3.8) is 0 Å². The highest BCUT2D eigenvalue weighted by molar-refractivity contribution is 5.93. The molecule has 1 fully saturated rings. The molecule has 0 aromatic heterocycles. The summed E-state index contributed by atoms with van der Waals surface area (Å²) in [5, 5.41) is 14.5. The number of fused-ring (bicyclic) bond motifs is 3. The van der Waals surface area contributed by atoms with E-state index in [4.69, 9.17) is 4.74 Å². The van der Waals surface area contributed by atoms with Crippen LogP contribution in [0.1, 0.15) is 43.7 Å². The summed E-state index contributed by atoms with van der Waals surface area (Å²) in [6.07, 6.45) is 0.0871. The molecule has 0 spiro atoms. The number of ether oxygens (including phenoxy) is 1. The number of aliphatic carboxylic acids is 1. The minimum absolute atomic E-state index is 0.0776. The van der Waals surface area contributed by atoms with Crippen LogP contribution in [0.15, 0.2) is 48.5 Å². The Hall–Kier alpha value is -3.35. The lowest BCUT2D eigenvalue weighted by molar-refractivity contribution is -0.143. The van der Waals surface area contributed by atoms with Gasteiger partial charge in [-0.25, -0.2) is 9.59 Å².